The Morgan fingerprint density at radius 2 is 2.25 bits per heavy atom. The Balaban J connectivity index is 2.30. The van der Waals surface area contributed by atoms with Crippen LogP contribution in [0.4, 0.5) is 0 Å². The Hall–Kier alpha value is -0.940. The molecular weight excluding hydrogens is 206 g/mol. The molecule has 5 nitrogen and oxygen atoms in total. The van der Waals surface area contributed by atoms with Crippen LogP contribution in [0.25, 0.3) is 0 Å². The predicted molar refractivity (Wildman–Crippen MR) is 59.1 cm³/mol. The van der Waals surface area contributed by atoms with E-state index in [1.165, 1.54) is 0 Å². The Kier molecular flexibility index (Phi) is 3.25. The predicted octanol–water partition coefficient (Wildman–Crippen LogP) is 1.24. The third-order valence-corrected chi connectivity index (χ3v) is 3.01. The zero-order valence-electron chi connectivity index (χ0n) is 10.1. The summed E-state index contributed by atoms with van der Waals surface area (Å²) in [6.45, 7) is 6.87. The van der Waals surface area contributed by atoms with Gasteiger partial charge in [0.25, 0.3) is 0 Å². The van der Waals surface area contributed by atoms with Gasteiger partial charge in [-0.05, 0) is 27.2 Å². The van der Waals surface area contributed by atoms with E-state index in [1.807, 2.05) is 4.57 Å². The second-order valence-electron chi connectivity index (χ2n) is 4.67. The summed E-state index contributed by atoms with van der Waals surface area (Å²) in [7, 11) is 0. The Morgan fingerprint density at radius 3 is 2.75 bits per heavy atom. The average Bonchev–Trinajstić information content (AvgIpc) is 2.82. The molecule has 1 aliphatic heterocycles. The molecule has 1 aromatic heterocycles. The third-order valence-electron chi connectivity index (χ3n) is 3.01. The minimum absolute atomic E-state index is 0.0612. The summed E-state index contributed by atoms with van der Waals surface area (Å²) < 4.78 is 7.57. The lowest BCUT2D eigenvalue weighted by Gasteiger charge is -2.15. The van der Waals surface area contributed by atoms with E-state index in [0.717, 1.165) is 12.2 Å². The molecule has 0 aromatic carbocycles. The molecule has 0 spiro atoms. The van der Waals surface area contributed by atoms with Gasteiger partial charge in [0.15, 0.2) is 5.82 Å². The fourth-order valence-corrected chi connectivity index (χ4v) is 2.28. The van der Waals surface area contributed by atoms with Crippen molar-refractivity contribution in [2.75, 3.05) is 6.61 Å². The third kappa shape index (κ3) is 1.97. The van der Waals surface area contributed by atoms with Gasteiger partial charge in [-0.2, -0.15) is 0 Å². The van der Waals surface area contributed by atoms with Crippen molar-refractivity contribution < 1.29 is 9.84 Å². The highest BCUT2D eigenvalue weighted by molar-refractivity contribution is 5.05. The first-order valence-corrected chi connectivity index (χ1v) is 5.79. The van der Waals surface area contributed by atoms with Gasteiger partial charge in [-0.3, -0.25) is 0 Å². The number of nitrogens with zero attached hydrogens (tertiary/aromatic N) is 3. The fourth-order valence-electron chi connectivity index (χ4n) is 2.28. The van der Waals surface area contributed by atoms with Gasteiger partial charge >= 0.3 is 0 Å². The summed E-state index contributed by atoms with van der Waals surface area (Å²) in [6, 6.07) is 0.267. The zero-order chi connectivity index (χ0) is 11.7. The van der Waals surface area contributed by atoms with Crippen LogP contribution in [0.3, 0.4) is 0 Å². The van der Waals surface area contributed by atoms with E-state index in [1.54, 1.807) is 0 Å². The van der Waals surface area contributed by atoms with E-state index in [4.69, 9.17) is 4.74 Å². The van der Waals surface area contributed by atoms with Crippen LogP contribution in [0, 0.1) is 0 Å². The quantitative estimate of drug-likeness (QED) is 0.841. The van der Waals surface area contributed by atoms with Crippen LogP contribution in [0.5, 0.6) is 0 Å². The van der Waals surface area contributed by atoms with Crippen molar-refractivity contribution in [3.05, 3.63) is 11.6 Å². The summed E-state index contributed by atoms with van der Waals surface area (Å²) in [5, 5.41) is 17.5. The summed E-state index contributed by atoms with van der Waals surface area (Å²) in [6.07, 6.45) is 1.27. The molecule has 2 heterocycles. The Bertz CT molecular complexity index is 362. The van der Waals surface area contributed by atoms with E-state index in [2.05, 4.69) is 31.0 Å². The van der Waals surface area contributed by atoms with Crippen LogP contribution in [0.1, 0.15) is 50.8 Å². The van der Waals surface area contributed by atoms with Crippen LogP contribution in [-0.2, 0) is 11.3 Å². The lowest BCUT2D eigenvalue weighted by molar-refractivity contribution is 0.123. The highest BCUT2D eigenvalue weighted by Crippen LogP contribution is 2.29. The molecule has 1 N–H and O–H groups in total. The van der Waals surface area contributed by atoms with Gasteiger partial charge in [0.2, 0.25) is 0 Å². The van der Waals surface area contributed by atoms with Crippen molar-refractivity contribution in [3.8, 4) is 0 Å². The average molecular weight is 225 g/mol. The molecule has 0 amide bonds. The van der Waals surface area contributed by atoms with Crippen LogP contribution in [-0.4, -0.2) is 32.6 Å². The molecule has 90 valence electrons. The molecule has 5 heteroatoms. The van der Waals surface area contributed by atoms with Crippen molar-refractivity contribution in [2.24, 2.45) is 0 Å². The summed E-state index contributed by atoms with van der Waals surface area (Å²) >= 11 is 0. The van der Waals surface area contributed by atoms with Gasteiger partial charge in [0.1, 0.15) is 12.4 Å². The van der Waals surface area contributed by atoms with E-state index in [-0.39, 0.29) is 12.6 Å². The zero-order valence-corrected chi connectivity index (χ0v) is 10.1. The van der Waals surface area contributed by atoms with Crippen LogP contribution in [0.15, 0.2) is 0 Å². The summed E-state index contributed by atoms with van der Waals surface area (Å²) in [4.78, 5) is 0. The minimum atomic E-state index is -0.0612. The van der Waals surface area contributed by atoms with E-state index in [9.17, 15) is 5.11 Å². The van der Waals surface area contributed by atoms with Gasteiger partial charge in [0.05, 0.1) is 12.7 Å². The number of aliphatic hydroxyl groups is 1. The second kappa shape index (κ2) is 4.51. The highest BCUT2D eigenvalue weighted by atomic mass is 16.5. The van der Waals surface area contributed by atoms with Crippen molar-refractivity contribution in [1.82, 2.24) is 14.8 Å². The highest BCUT2D eigenvalue weighted by Gasteiger charge is 2.29. The monoisotopic (exact) mass is 225 g/mol. The minimum Gasteiger partial charge on any atom is -0.388 e. The molecule has 1 aromatic rings. The number of hydrogen-bond donors (Lipinski definition) is 1. The van der Waals surface area contributed by atoms with Crippen molar-refractivity contribution >= 4 is 0 Å². The molecular formula is C11H19N3O2. The molecule has 0 bridgehead atoms. The van der Waals surface area contributed by atoms with Crippen LogP contribution < -0.4 is 0 Å². The Labute approximate surface area is 95.4 Å². The number of ether oxygens (including phenoxy) is 1. The fraction of sp³-hybridized carbons (Fsp3) is 0.818. The lowest BCUT2D eigenvalue weighted by Crippen LogP contribution is -2.14. The molecule has 0 aliphatic carbocycles. The SMILES string of the molecule is CC1CC(c2nnc(CO)n2C(C)C)CO1. The standard InChI is InChI=1S/C11H19N3O2/c1-7(2)14-10(5-15)12-13-11(14)9-4-8(3)16-6-9/h7-9,15H,4-6H2,1-3H3. The first kappa shape index (κ1) is 11.5. The number of aliphatic hydroxyl groups excluding tert-OH is 1. The largest absolute Gasteiger partial charge is 0.388 e. The van der Waals surface area contributed by atoms with Crippen molar-refractivity contribution in [2.45, 2.75) is 51.9 Å². The van der Waals surface area contributed by atoms with E-state index in [0.29, 0.717) is 24.5 Å². The maximum Gasteiger partial charge on any atom is 0.159 e. The van der Waals surface area contributed by atoms with Gasteiger partial charge < -0.3 is 14.4 Å². The normalized spacial score (nSPS) is 25.6. The van der Waals surface area contributed by atoms with Gasteiger partial charge in [-0.25, -0.2) is 0 Å². The topological polar surface area (TPSA) is 60.2 Å². The molecule has 0 radical (unpaired) electrons. The first-order chi connectivity index (χ1) is 7.63. The summed E-state index contributed by atoms with van der Waals surface area (Å²) in [5.41, 5.74) is 0. The summed E-state index contributed by atoms with van der Waals surface area (Å²) in [5.74, 6) is 1.90. The van der Waals surface area contributed by atoms with Gasteiger partial charge in [0, 0.05) is 12.0 Å². The number of hydrogen-bond acceptors (Lipinski definition) is 4. The smallest absolute Gasteiger partial charge is 0.159 e. The molecule has 2 unspecified atom stereocenters. The van der Waals surface area contributed by atoms with Gasteiger partial charge in [-0.1, -0.05) is 0 Å². The molecule has 16 heavy (non-hydrogen) atoms. The first-order valence-electron chi connectivity index (χ1n) is 5.79. The van der Waals surface area contributed by atoms with Crippen LogP contribution >= 0.6 is 0 Å². The molecule has 1 saturated heterocycles. The lowest BCUT2D eigenvalue weighted by atomic mass is 10.1. The Morgan fingerprint density at radius 1 is 1.50 bits per heavy atom. The van der Waals surface area contributed by atoms with E-state index >= 15 is 0 Å². The van der Waals surface area contributed by atoms with E-state index < -0.39 is 0 Å². The second-order valence-corrected chi connectivity index (χ2v) is 4.67. The maximum atomic E-state index is 9.22. The van der Waals surface area contributed by atoms with Crippen molar-refractivity contribution in [3.63, 3.8) is 0 Å². The van der Waals surface area contributed by atoms with Crippen molar-refractivity contribution in [1.29, 1.82) is 0 Å². The molecule has 0 saturated carbocycles. The van der Waals surface area contributed by atoms with Crippen LogP contribution in [0.2, 0.25) is 0 Å². The molecule has 1 fully saturated rings. The molecule has 1 aliphatic rings. The maximum absolute atomic E-state index is 9.22. The number of aromatic nitrogens is 3. The molecule has 2 rings (SSSR count). The van der Waals surface area contributed by atoms with Gasteiger partial charge in [-0.15, -0.1) is 10.2 Å². The number of rotatable bonds is 3. The molecule has 2 atom stereocenters.